The minimum atomic E-state index is -0.490. The van der Waals surface area contributed by atoms with Crippen molar-refractivity contribution in [3.63, 3.8) is 0 Å². The number of allylic oxidation sites excluding steroid dienone is 2. The highest BCUT2D eigenvalue weighted by atomic mass is 19.1. The van der Waals surface area contributed by atoms with Crippen molar-refractivity contribution in [1.29, 1.82) is 0 Å². The molecule has 146 valence electrons. The van der Waals surface area contributed by atoms with Crippen LogP contribution in [0.2, 0.25) is 0 Å². The number of hydrogen-bond donors (Lipinski definition) is 0. The Morgan fingerprint density at radius 2 is 1.59 bits per heavy atom. The van der Waals surface area contributed by atoms with Gasteiger partial charge in [0.2, 0.25) is 0 Å². The second-order valence-corrected chi connectivity index (χ2v) is 8.39. The van der Waals surface area contributed by atoms with Crippen LogP contribution in [0.25, 0.3) is 0 Å². The first-order valence-electron chi connectivity index (χ1n) is 10.7. The molecule has 2 heteroatoms. The predicted molar refractivity (Wildman–Crippen MR) is 108 cm³/mol. The monoisotopic (exact) mass is 370 g/mol. The van der Waals surface area contributed by atoms with E-state index in [9.17, 15) is 8.78 Å². The van der Waals surface area contributed by atoms with Crippen molar-refractivity contribution in [1.82, 2.24) is 0 Å². The quantitative estimate of drug-likeness (QED) is 0.384. The van der Waals surface area contributed by atoms with Gasteiger partial charge in [-0.15, -0.1) is 0 Å². The van der Waals surface area contributed by atoms with Crippen molar-refractivity contribution in [2.45, 2.75) is 77.6 Å². The van der Waals surface area contributed by atoms with E-state index in [4.69, 9.17) is 0 Å². The number of hydrogen-bond acceptors (Lipinski definition) is 0. The molecule has 0 nitrogen and oxygen atoms in total. The fourth-order valence-corrected chi connectivity index (χ4v) is 4.75. The lowest BCUT2D eigenvalue weighted by molar-refractivity contribution is 0.309. The molecule has 2 fully saturated rings. The van der Waals surface area contributed by atoms with Gasteiger partial charge in [-0.2, -0.15) is 0 Å². The first-order valence-corrected chi connectivity index (χ1v) is 10.7. The fourth-order valence-electron chi connectivity index (χ4n) is 4.75. The summed E-state index contributed by atoms with van der Waals surface area (Å²) in [6.07, 6.45) is 14.3. The molecule has 3 rings (SSSR count). The van der Waals surface area contributed by atoms with E-state index in [1.807, 2.05) is 6.92 Å². The molecule has 1 aromatic carbocycles. The molecule has 0 saturated heterocycles. The van der Waals surface area contributed by atoms with E-state index in [0.717, 1.165) is 50.0 Å². The van der Waals surface area contributed by atoms with E-state index in [1.165, 1.54) is 31.4 Å². The Labute approximate surface area is 163 Å². The van der Waals surface area contributed by atoms with Gasteiger partial charge in [-0.1, -0.05) is 37.3 Å². The maximum absolute atomic E-state index is 14.6. The van der Waals surface area contributed by atoms with Crippen LogP contribution >= 0.6 is 0 Å². The van der Waals surface area contributed by atoms with E-state index in [2.05, 4.69) is 30.9 Å². The van der Waals surface area contributed by atoms with E-state index in [0.29, 0.717) is 5.92 Å². The Morgan fingerprint density at radius 3 is 2.15 bits per heavy atom. The van der Waals surface area contributed by atoms with Gasteiger partial charge in [-0.05, 0) is 93.7 Å². The third-order valence-electron chi connectivity index (χ3n) is 6.60. The predicted octanol–water partition coefficient (Wildman–Crippen LogP) is 7.38. The van der Waals surface area contributed by atoms with E-state index in [-0.39, 0.29) is 17.4 Å². The van der Waals surface area contributed by atoms with Gasteiger partial charge in [0.05, 0.1) is 5.56 Å². The largest absolute Gasteiger partial charge is 0.206 e. The molecule has 0 amide bonds. The molecule has 0 N–H and O–H groups in total. The zero-order valence-corrected chi connectivity index (χ0v) is 16.7. The third-order valence-corrected chi connectivity index (χ3v) is 6.60. The zero-order valence-electron chi connectivity index (χ0n) is 16.7. The highest BCUT2D eigenvalue weighted by Gasteiger charge is 2.23. The first kappa shape index (κ1) is 20.1. The van der Waals surface area contributed by atoms with Gasteiger partial charge >= 0.3 is 0 Å². The van der Waals surface area contributed by atoms with Gasteiger partial charge < -0.3 is 0 Å². The van der Waals surface area contributed by atoms with Crippen LogP contribution in [0.1, 0.15) is 88.7 Å². The molecule has 0 spiro atoms. The normalized spacial score (nSPS) is 28.7. The summed E-state index contributed by atoms with van der Waals surface area (Å²) in [4.78, 5) is 0. The minimum Gasteiger partial charge on any atom is -0.206 e. The van der Waals surface area contributed by atoms with Crippen molar-refractivity contribution in [3.05, 3.63) is 47.0 Å². The summed E-state index contributed by atoms with van der Waals surface area (Å²) in [5.74, 6) is 6.97. The molecule has 0 atom stereocenters. The summed E-state index contributed by atoms with van der Waals surface area (Å²) >= 11 is 0. The Bertz CT molecular complexity index is 683. The van der Waals surface area contributed by atoms with Crippen molar-refractivity contribution in [2.75, 3.05) is 0 Å². The Hall–Kier alpha value is -1.62. The van der Waals surface area contributed by atoms with Crippen molar-refractivity contribution >= 4 is 0 Å². The van der Waals surface area contributed by atoms with Gasteiger partial charge in [0.25, 0.3) is 0 Å². The second-order valence-electron chi connectivity index (χ2n) is 8.39. The molecule has 2 saturated carbocycles. The highest BCUT2D eigenvalue weighted by molar-refractivity contribution is 5.40. The number of benzene rings is 1. The van der Waals surface area contributed by atoms with Crippen molar-refractivity contribution < 1.29 is 8.78 Å². The lowest BCUT2D eigenvalue weighted by atomic mass is 9.78. The number of rotatable bonds is 3. The molecule has 2 aliphatic rings. The van der Waals surface area contributed by atoms with Crippen LogP contribution in [-0.4, -0.2) is 0 Å². The second kappa shape index (κ2) is 9.54. The molecular weight excluding hydrogens is 338 g/mol. The SMILES string of the molecule is C/C=C/C1CCC(c2cc(F)c(C#CC3CCC(CC)CC3)c(F)c2)CC1. The van der Waals surface area contributed by atoms with Crippen LogP contribution in [-0.2, 0) is 0 Å². The lowest BCUT2D eigenvalue weighted by Crippen LogP contribution is -2.13. The molecule has 0 aromatic heterocycles. The Morgan fingerprint density at radius 1 is 0.963 bits per heavy atom. The average molecular weight is 371 g/mol. The van der Waals surface area contributed by atoms with E-state index < -0.39 is 11.6 Å². The molecule has 0 unspecified atom stereocenters. The van der Waals surface area contributed by atoms with Crippen LogP contribution in [0, 0.1) is 41.2 Å². The maximum atomic E-state index is 14.6. The Balaban J connectivity index is 1.67. The molecule has 1 aromatic rings. The third kappa shape index (κ3) is 5.22. The van der Waals surface area contributed by atoms with Crippen molar-refractivity contribution in [2.24, 2.45) is 17.8 Å². The van der Waals surface area contributed by atoms with Gasteiger partial charge in [-0.25, -0.2) is 8.78 Å². The van der Waals surface area contributed by atoms with Crippen LogP contribution in [0.5, 0.6) is 0 Å². The van der Waals surface area contributed by atoms with Crippen LogP contribution in [0.3, 0.4) is 0 Å². The molecule has 0 radical (unpaired) electrons. The van der Waals surface area contributed by atoms with Crippen LogP contribution < -0.4 is 0 Å². The molecule has 2 aliphatic carbocycles. The number of halogens is 2. The fraction of sp³-hybridized carbons (Fsp3) is 0.600. The average Bonchev–Trinajstić information content (AvgIpc) is 2.68. The summed E-state index contributed by atoms with van der Waals surface area (Å²) in [7, 11) is 0. The summed E-state index contributed by atoms with van der Waals surface area (Å²) in [5.41, 5.74) is 0.761. The first-order chi connectivity index (χ1) is 13.1. The summed E-state index contributed by atoms with van der Waals surface area (Å²) in [6, 6.07) is 3.06. The van der Waals surface area contributed by atoms with Gasteiger partial charge in [0, 0.05) is 5.92 Å². The summed E-state index contributed by atoms with van der Waals surface area (Å²) < 4.78 is 29.2. The van der Waals surface area contributed by atoms with Crippen molar-refractivity contribution in [3.8, 4) is 11.8 Å². The molecular formula is C25H32F2. The molecule has 27 heavy (non-hydrogen) atoms. The molecule has 0 heterocycles. The Kier molecular flexibility index (Phi) is 7.11. The lowest BCUT2D eigenvalue weighted by Gasteiger charge is -2.27. The molecule has 0 bridgehead atoms. The smallest absolute Gasteiger partial charge is 0.142 e. The summed E-state index contributed by atoms with van der Waals surface area (Å²) in [6.45, 7) is 4.28. The van der Waals surface area contributed by atoms with E-state index >= 15 is 0 Å². The van der Waals surface area contributed by atoms with E-state index in [1.54, 1.807) is 0 Å². The minimum absolute atomic E-state index is 0.0426. The van der Waals surface area contributed by atoms with Crippen LogP contribution in [0.15, 0.2) is 24.3 Å². The maximum Gasteiger partial charge on any atom is 0.142 e. The zero-order chi connectivity index (χ0) is 19.2. The van der Waals surface area contributed by atoms with Gasteiger partial charge in [0.1, 0.15) is 11.6 Å². The molecule has 0 aliphatic heterocycles. The standard InChI is InChI=1S/C25H32F2/c1-3-5-19-10-13-21(14-11-19)22-16-24(26)23(25(27)17-22)15-12-20-8-6-18(4-2)7-9-20/h3,5,16-21H,4,6-11,13-14H2,1-2H3/b5-3+. The highest BCUT2D eigenvalue weighted by Crippen LogP contribution is 2.37. The summed E-state index contributed by atoms with van der Waals surface area (Å²) in [5, 5.41) is 0. The topological polar surface area (TPSA) is 0 Å². The van der Waals surface area contributed by atoms with Crippen LogP contribution in [0.4, 0.5) is 8.78 Å². The van der Waals surface area contributed by atoms with Gasteiger partial charge in [0.15, 0.2) is 0 Å². The van der Waals surface area contributed by atoms with Gasteiger partial charge in [-0.3, -0.25) is 0 Å².